The van der Waals surface area contributed by atoms with Gasteiger partial charge in [-0.05, 0) is 37.8 Å². The summed E-state index contributed by atoms with van der Waals surface area (Å²) in [7, 11) is 0. The smallest absolute Gasteiger partial charge is 0.232 e. The molecule has 130 valence electrons. The van der Waals surface area contributed by atoms with Gasteiger partial charge in [-0.25, -0.2) is 0 Å². The molecule has 1 saturated heterocycles. The molecule has 0 N–H and O–H groups in total. The number of amides is 1. The van der Waals surface area contributed by atoms with E-state index in [2.05, 4.69) is 27.2 Å². The highest BCUT2D eigenvalue weighted by atomic mass is 32.2. The number of carbonyl (C=O) groups is 1. The predicted molar refractivity (Wildman–Crippen MR) is 97.5 cm³/mol. The fourth-order valence-corrected chi connectivity index (χ4v) is 4.85. The minimum Gasteiger partial charge on any atom is -0.352 e. The molecule has 5 nitrogen and oxygen atoms in total. The Hall–Kier alpha value is -1.30. The molecule has 3 aliphatic rings. The Morgan fingerprint density at radius 3 is 2.42 bits per heavy atom. The van der Waals surface area contributed by atoms with Gasteiger partial charge in [0.2, 0.25) is 5.91 Å². The van der Waals surface area contributed by atoms with Gasteiger partial charge in [0.05, 0.1) is 11.4 Å². The Kier molecular flexibility index (Phi) is 4.92. The first-order valence-electron chi connectivity index (χ1n) is 9.27. The minimum atomic E-state index is 0.307. The third-order valence-electron chi connectivity index (χ3n) is 5.37. The van der Waals surface area contributed by atoms with Crippen molar-refractivity contribution in [1.82, 2.24) is 15.1 Å². The molecule has 1 aromatic heterocycles. The quantitative estimate of drug-likeness (QED) is 0.820. The molecule has 0 spiro atoms. The van der Waals surface area contributed by atoms with Gasteiger partial charge < -0.3 is 9.80 Å². The van der Waals surface area contributed by atoms with Crippen LogP contribution in [0.1, 0.15) is 50.1 Å². The van der Waals surface area contributed by atoms with Gasteiger partial charge in [0.15, 0.2) is 5.82 Å². The maximum absolute atomic E-state index is 12.4. The van der Waals surface area contributed by atoms with Crippen molar-refractivity contribution >= 4 is 23.5 Å². The molecule has 0 radical (unpaired) electrons. The summed E-state index contributed by atoms with van der Waals surface area (Å²) < 4.78 is 0. The van der Waals surface area contributed by atoms with Crippen LogP contribution in [-0.2, 0) is 4.79 Å². The number of nitrogens with zero attached hydrogens (tertiary/aromatic N) is 4. The molecule has 2 heterocycles. The molecule has 0 unspecified atom stereocenters. The van der Waals surface area contributed by atoms with E-state index in [9.17, 15) is 4.79 Å². The number of hydrogen-bond acceptors (Lipinski definition) is 5. The second-order valence-corrected chi connectivity index (χ2v) is 8.46. The number of carbonyl (C=O) groups excluding carboxylic acids is 1. The van der Waals surface area contributed by atoms with Crippen molar-refractivity contribution in [1.29, 1.82) is 0 Å². The number of aromatic nitrogens is 2. The summed E-state index contributed by atoms with van der Waals surface area (Å²) in [5, 5.41) is 9.48. The van der Waals surface area contributed by atoms with Gasteiger partial charge in [-0.2, -0.15) is 5.10 Å². The van der Waals surface area contributed by atoms with Gasteiger partial charge in [-0.15, -0.1) is 16.9 Å². The first-order valence-corrected chi connectivity index (χ1v) is 10.3. The van der Waals surface area contributed by atoms with E-state index in [4.69, 9.17) is 0 Å². The lowest BCUT2D eigenvalue weighted by Crippen LogP contribution is -2.49. The van der Waals surface area contributed by atoms with Gasteiger partial charge in [-0.1, -0.05) is 12.8 Å². The van der Waals surface area contributed by atoms with Crippen LogP contribution in [0.2, 0.25) is 0 Å². The van der Waals surface area contributed by atoms with Crippen molar-refractivity contribution in [2.45, 2.75) is 49.7 Å². The van der Waals surface area contributed by atoms with Crippen LogP contribution in [0.25, 0.3) is 0 Å². The second-order valence-electron chi connectivity index (χ2n) is 7.18. The summed E-state index contributed by atoms with van der Waals surface area (Å²) >= 11 is 1.87. The lowest BCUT2D eigenvalue weighted by atomic mass is 10.2. The summed E-state index contributed by atoms with van der Waals surface area (Å²) in [6, 6.07) is 4.21. The number of hydrogen-bond donors (Lipinski definition) is 0. The number of thioether (sulfide) groups is 1. The van der Waals surface area contributed by atoms with Gasteiger partial charge in [0.25, 0.3) is 0 Å². The van der Waals surface area contributed by atoms with Crippen molar-refractivity contribution in [2.75, 3.05) is 36.8 Å². The summed E-state index contributed by atoms with van der Waals surface area (Å²) in [6.07, 6.45) is 7.78. The Bertz CT molecular complexity index is 561. The van der Waals surface area contributed by atoms with Crippen LogP contribution in [0.5, 0.6) is 0 Å². The second kappa shape index (κ2) is 7.30. The third kappa shape index (κ3) is 3.85. The van der Waals surface area contributed by atoms with Crippen LogP contribution in [0.3, 0.4) is 0 Å². The van der Waals surface area contributed by atoms with E-state index in [1.807, 2.05) is 16.7 Å². The fourth-order valence-electron chi connectivity index (χ4n) is 3.62. The van der Waals surface area contributed by atoms with Crippen molar-refractivity contribution in [2.24, 2.45) is 0 Å². The maximum Gasteiger partial charge on any atom is 0.232 e. The van der Waals surface area contributed by atoms with Crippen LogP contribution >= 0.6 is 11.8 Å². The van der Waals surface area contributed by atoms with E-state index in [1.54, 1.807) is 0 Å². The standard InChI is InChI=1S/C18H26N4OS/c23-18(13-24-15-3-1-2-4-15)22-11-9-21(10-12-22)17-8-7-16(19-20-17)14-5-6-14/h7-8,14-15H,1-6,9-13H2. The summed E-state index contributed by atoms with van der Waals surface area (Å²) in [6.45, 7) is 3.32. The largest absolute Gasteiger partial charge is 0.352 e. The van der Waals surface area contributed by atoms with Crippen LogP contribution < -0.4 is 4.90 Å². The predicted octanol–water partition coefficient (Wildman–Crippen LogP) is 2.68. The highest BCUT2D eigenvalue weighted by molar-refractivity contribution is 8.00. The normalized spacial score (nSPS) is 22.2. The molecule has 4 rings (SSSR count). The molecule has 24 heavy (non-hydrogen) atoms. The molecule has 1 aliphatic heterocycles. The zero-order chi connectivity index (χ0) is 16.4. The highest BCUT2D eigenvalue weighted by Gasteiger charge is 2.27. The van der Waals surface area contributed by atoms with Crippen molar-refractivity contribution in [3.05, 3.63) is 17.8 Å². The molecular weight excluding hydrogens is 320 g/mol. The summed E-state index contributed by atoms with van der Waals surface area (Å²) in [5.74, 6) is 2.56. The third-order valence-corrected chi connectivity index (χ3v) is 6.72. The van der Waals surface area contributed by atoms with E-state index < -0.39 is 0 Å². The molecule has 1 aromatic rings. The van der Waals surface area contributed by atoms with Crippen molar-refractivity contribution in [3.8, 4) is 0 Å². The van der Waals surface area contributed by atoms with Crippen LogP contribution in [-0.4, -0.2) is 58.2 Å². The molecule has 2 aliphatic carbocycles. The van der Waals surface area contributed by atoms with Crippen LogP contribution in [0.4, 0.5) is 5.82 Å². The summed E-state index contributed by atoms with van der Waals surface area (Å²) in [5.41, 5.74) is 1.14. The lowest BCUT2D eigenvalue weighted by Gasteiger charge is -2.35. The Morgan fingerprint density at radius 1 is 1.04 bits per heavy atom. The maximum atomic E-state index is 12.4. The molecule has 3 fully saturated rings. The van der Waals surface area contributed by atoms with Gasteiger partial charge in [-0.3, -0.25) is 4.79 Å². The zero-order valence-corrected chi connectivity index (χ0v) is 15.0. The molecule has 0 atom stereocenters. The van der Waals surface area contributed by atoms with E-state index >= 15 is 0 Å². The van der Waals surface area contributed by atoms with Gasteiger partial charge >= 0.3 is 0 Å². The van der Waals surface area contributed by atoms with Crippen molar-refractivity contribution in [3.63, 3.8) is 0 Å². The average Bonchev–Trinajstić information content (AvgIpc) is 3.36. The van der Waals surface area contributed by atoms with Crippen molar-refractivity contribution < 1.29 is 4.79 Å². The number of rotatable bonds is 5. The molecule has 0 aromatic carbocycles. The van der Waals surface area contributed by atoms with Crippen LogP contribution in [0.15, 0.2) is 12.1 Å². The molecular formula is C18H26N4OS. The van der Waals surface area contributed by atoms with E-state index in [0.717, 1.165) is 42.9 Å². The zero-order valence-electron chi connectivity index (χ0n) is 14.2. The summed E-state index contributed by atoms with van der Waals surface area (Å²) in [4.78, 5) is 16.6. The topological polar surface area (TPSA) is 49.3 Å². The molecule has 6 heteroatoms. The molecule has 0 bridgehead atoms. The van der Waals surface area contributed by atoms with Gasteiger partial charge in [0.1, 0.15) is 0 Å². The monoisotopic (exact) mass is 346 g/mol. The first-order chi connectivity index (χ1) is 11.8. The van der Waals surface area contributed by atoms with E-state index in [1.165, 1.54) is 38.5 Å². The molecule has 2 saturated carbocycles. The molecule has 1 amide bonds. The number of piperazine rings is 1. The van der Waals surface area contributed by atoms with Gasteiger partial charge in [0, 0.05) is 37.3 Å². The Labute approximate surface area is 148 Å². The fraction of sp³-hybridized carbons (Fsp3) is 0.722. The Balaban J connectivity index is 1.24. The SMILES string of the molecule is O=C(CSC1CCCC1)N1CCN(c2ccc(C3CC3)nn2)CC1. The Morgan fingerprint density at radius 2 is 1.79 bits per heavy atom. The van der Waals surface area contributed by atoms with Crippen LogP contribution in [0, 0.1) is 0 Å². The highest BCUT2D eigenvalue weighted by Crippen LogP contribution is 2.38. The van der Waals surface area contributed by atoms with E-state index in [0.29, 0.717) is 17.6 Å². The average molecular weight is 347 g/mol. The minimum absolute atomic E-state index is 0.307. The number of anilines is 1. The lowest BCUT2D eigenvalue weighted by molar-refractivity contribution is -0.128. The first kappa shape index (κ1) is 16.2. The van der Waals surface area contributed by atoms with E-state index in [-0.39, 0.29) is 0 Å².